The number of primary sulfonamides is 1. The van der Waals surface area contributed by atoms with Crippen molar-refractivity contribution >= 4 is 21.6 Å². The second kappa shape index (κ2) is 7.57. The quantitative estimate of drug-likeness (QED) is 0.717. The number of fused-ring (bicyclic) bond motifs is 1. The predicted octanol–water partition coefficient (Wildman–Crippen LogP) is 0.418. The van der Waals surface area contributed by atoms with Crippen molar-refractivity contribution in [2.24, 2.45) is 5.14 Å². The van der Waals surface area contributed by atoms with Gasteiger partial charge < -0.3 is 10.2 Å². The number of para-hydroxylation sites is 1. The summed E-state index contributed by atoms with van der Waals surface area (Å²) in [5, 5.41) is 7.08. The van der Waals surface area contributed by atoms with E-state index in [0.717, 1.165) is 30.6 Å². The van der Waals surface area contributed by atoms with E-state index in [2.05, 4.69) is 13.0 Å². The van der Waals surface area contributed by atoms with Gasteiger partial charge in [0.15, 0.2) is 6.54 Å². The lowest BCUT2D eigenvalue weighted by Gasteiger charge is -2.21. The minimum atomic E-state index is -3.65. The van der Waals surface area contributed by atoms with Gasteiger partial charge in [-0.25, -0.2) is 13.6 Å². The minimum Gasteiger partial charge on any atom is -0.338 e. The second-order valence-electron chi connectivity index (χ2n) is 6.67. The number of amides is 1. The van der Waals surface area contributed by atoms with Crippen molar-refractivity contribution < 1.29 is 18.5 Å². The summed E-state index contributed by atoms with van der Waals surface area (Å²) in [7, 11) is -3.65. The van der Waals surface area contributed by atoms with Crippen LogP contribution in [0.3, 0.4) is 0 Å². The summed E-state index contributed by atoms with van der Waals surface area (Å²) in [6.07, 6.45) is 1.66. The second-order valence-corrected chi connectivity index (χ2v) is 8.23. The topological polar surface area (TPSA) is 97.1 Å². The van der Waals surface area contributed by atoms with Gasteiger partial charge in [-0.05, 0) is 42.7 Å². The fourth-order valence-corrected chi connectivity index (χ4v) is 3.90. The Bertz CT molecular complexity index is 895. The number of sulfonamides is 1. The van der Waals surface area contributed by atoms with E-state index in [1.54, 1.807) is 12.1 Å². The standard InChI is InChI=1S/C19H23N3O3S/c1-14-12-16-4-2-3-5-18(16)22(14)19(23)13-21-11-10-15-6-8-17(9-7-15)26(20,24)25/h2-9,14,21H,10-13H2,1H3,(H2,20,24,25)/p+1/t14-/m1/s1. The maximum atomic E-state index is 12.6. The number of benzene rings is 2. The molecule has 26 heavy (non-hydrogen) atoms. The van der Waals surface area contributed by atoms with Gasteiger partial charge in [0.2, 0.25) is 10.0 Å². The van der Waals surface area contributed by atoms with Crippen LogP contribution in [-0.2, 0) is 27.7 Å². The molecule has 2 aromatic carbocycles. The lowest BCUT2D eigenvalue weighted by molar-refractivity contribution is -0.643. The highest BCUT2D eigenvalue weighted by atomic mass is 32.2. The molecule has 0 fully saturated rings. The Hall–Kier alpha value is -2.22. The zero-order valence-electron chi connectivity index (χ0n) is 14.8. The average Bonchev–Trinajstić information content (AvgIpc) is 2.94. The molecule has 0 aliphatic carbocycles. The maximum absolute atomic E-state index is 12.6. The first-order valence-electron chi connectivity index (χ1n) is 8.69. The highest BCUT2D eigenvalue weighted by Gasteiger charge is 2.30. The summed E-state index contributed by atoms with van der Waals surface area (Å²) in [4.78, 5) is 14.6. The summed E-state index contributed by atoms with van der Waals surface area (Å²) in [5.41, 5.74) is 3.27. The molecular weight excluding hydrogens is 350 g/mol. The van der Waals surface area contributed by atoms with Crippen molar-refractivity contribution in [3.05, 3.63) is 59.7 Å². The van der Waals surface area contributed by atoms with Crippen molar-refractivity contribution in [3.63, 3.8) is 0 Å². The first kappa shape index (κ1) is 18.6. The Kier molecular flexibility index (Phi) is 5.41. The summed E-state index contributed by atoms with van der Waals surface area (Å²) in [5.74, 6) is 0.118. The zero-order valence-corrected chi connectivity index (χ0v) is 15.6. The van der Waals surface area contributed by atoms with E-state index < -0.39 is 10.0 Å². The van der Waals surface area contributed by atoms with Crippen LogP contribution in [0.5, 0.6) is 0 Å². The number of carbonyl (C=O) groups is 1. The van der Waals surface area contributed by atoms with Crippen LogP contribution in [0.4, 0.5) is 5.69 Å². The fraction of sp³-hybridized carbons (Fsp3) is 0.316. The van der Waals surface area contributed by atoms with E-state index in [9.17, 15) is 13.2 Å². The van der Waals surface area contributed by atoms with Gasteiger partial charge in [-0.15, -0.1) is 0 Å². The van der Waals surface area contributed by atoms with E-state index >= 15 is 0 Å². The third-order valence-corrected chi connectivity index (χ3v) is 5.61. The van der Waals surface area contributed by atoms with Crippen LogP contribution in [0.1, 0.15) is 18.1 Å². The molecule has 0 saturated carbocycles. The molecule has 0 bridgehead atoms. The molecule has 2 aromatic rings. The van der Waals surface area contributed by atoms with Crippen molar-refractivity contribution in [1.82, 2.24) is 0 Å². The van der Waals surface area contributed by atoms with E-state index in [1.807, 2.05) is 28.4 Å². The molecule has 0 aromatic heterocycles. The van der Waals surface area contributed by atoms with Crippen LogP contribution in [0.15, 0.2) is 53.4 Å². The number of rotatable bonds is 6. The first-order chi connectivity index (χ1) is 12.4. The van der Waals surface area contributed by atoms with Crippen molar-refractivity contribution in [3.8, 4) is 0 Å². The predicted molar refractivity (Wildman–Crippen MR) is 100 cm³/mol. The number of nitrogens with zero attached hydrogens (tertiary/aromatic N) is 1. The molecule has 0 saturated heterocycles. The Morgan fingerprint density at radius 1 is 1.19 bits per heavy atom. The lowest BCUT2D eigenvalue weighted by atomic mass is 10.1. The molecule has 1 heterocycles. The summed E-state index contributed by atoms with van der Waals surface area (Å²) in [6, 6.07) is 14.8. The summed E-state index contributed by atoms with van der Waals surface area (Å²) >= 11 is 0. The number of quaternary nitrogens is 1. The van der Waals surface area contributed by atoms with Crippen LogP contribution in [-0.4, -0.2) is 33.5 Å². The molecule has 1 aliphatic rings. The molecular formula is C19H24N3O3S+. The third kappa shape index (κ3) is 4.12. The molecule has 7 heteroatoms. The number of hydrogen-bond donors (Lipinski definition) is 2. The Morgan fingerprint density at radius 3 is 2.58 bits per heavy atom. The number of nitrogens with two attached hydrogens (primary N) is 2. The van der Waals surface area contributed by atoms with Gasteiger partial charge in [0.1, 0.15) is 0 Å². The Balaban J connectivity index is 1.50. The monoisotopic (exact) mass is 374 g/mol. The molecule has 4 N–H and O–H groups in total. The Morgan fingerprint density at radius 2 is 1.88 bits per heavy atom. The molecule has 0 radical (unpaired) electrons. The smallest absolute Gasteiger partial charge is 0.282 e. The van der Waals surface area contributed by atoms with E-state index in [4.69, 9.17) is 5.14 Å². The van der Waals surface area contributed by atoms with E-state index in [1.165, 1.54) is 17.7 Å². The highest BCUT2D eigenvalue weighted by Crippen LogP contribution is 2.31. The van der Waals surface area contributed by atoms with Gasteiger partial charge in [0, 0.05) is 18.2 Å². The van der Waals surface area contributed by atoms with E-state index in [0.29, 0.717) is 6.54 Å². The van der Waals surface area contributed by atoms with Crippen molar-refractivity contribution in [2.45, 2.75) is 30.7 Å². The molecule has 1 atom stereocenters. The number of anilines is 1. The highest BCUT2D eigenvalue weighted by molar-refractivity contribution is 7.89. The van der Waals surface area contributed by atoms with Crippen molar-refractivity contribution in [2.75, 3.05) is 18.0 Å². The number of hydrogen-bond acceptors (Lipinski definition) is 3. The van der Waals surface area contributed by atoms with Gasteiger partial charge >= 0.3 is 0 Å². The molecule has 6 nitrogen and oxygen atoms in total. The van der Waals surface area contributed by atoms with Crippen LogP contribution >= 0.6 is 0 Å². The van der Waals surface area contributed by atoms with Gasteiger partial charge in [-0.2, -0.15) is 0 Å². The van der Waals surface area contributed by atoms with Crippen molar-refractivity contribution in [1.29, 1.82) is 0 Å². The summed E-state index contributed by atoms with van der Waals surface area (Å²) in [6.45, 7) is 3.23. The Labute approximate surface area is 154 Å². The molecule has 1 aliphatic heterocycles. The zero-order chi connectivity index (χ0) is 18.7. The van der Waals surface area contributed by atoms with E-state index in [-0.39, 0.29) is 16.8 Å². The lowest BCUT2D eigenvalue weighted by Crippen LogP contribution is -2.87. The van der Waals surface area contributed by atoms with Gasteiger partial charge in [-0.3, -0.25) is 4.79 Å². The maximum Gasteiger partial charge on any atom is 0.282 e. The van der Waals surface area contributed by atoms with Gasteiger partial charge in [0.25, 0.3) is 5.91 Å². The third-order valence-electron chi connectivity index (χ3n) is 4.68. The molecule has 0 spiro atoms. The van der Waals surface area contributed by atoms with Crippen LogP contribution in [0, 0.1) is 0 Å². The first-order valence-corrected chi connectivity index (χ1v) is 10.2. The molecule has 138 valence electrons. The van der Waals surface area contributed by atoms with Crippen LogP contribution in [0.25, 0.3) is 0 Å². The largest absolute Gasteiger partial charge is 0.338 e. The summed E-state index contributed by atoms with van der Waals surface area (Å²) < 4.78 is 22.5. The SMILES string of the molecule is C[C@@H]1Cc2ccccc2N1C(=O)C[NH2+]CCc1ccc(S(N)(=O)=O)cc1. The minimum absolute atomic E-state index is 0.113. The molecule has 0 unspecified atom stereocenters. The van der Waals surface area contributed by atoms with Crippen LogP contribution in [0.2, 0.25) is 0 Å². The van der Waals surface area contributed by atoms with Gasteiger partial charge in [-0.1, -0.05) is 30.3 Å². The normalized spacial score (nSPS) is 16.5. The number of carbonyl (C=O) groups excluding carboxylic acids is 1. The molecule has 1 amide bonds. The van der Waals surface area contributed by atoms with Crippen LogP contribution < -0.4 is 15.4 Å². The van der Waals surface area contributed by atoms with Gasteiger partial charge in [0.05, 0.1) is 11.4 Å². The fourth-order valence-electron chi connectivity index (χ4n) is 3.38. The molecule has 3 rings (SSSR count). The average molecular weight is 374 g/mol.